The molecule has 1 atom stereocenters. The Bertz CT molecular complexity index is 473. The van der Waals surface area contributed by atoms with Gasteiger partial charge in [-0.3, -0.25) is 4.79 Å². The summed E-state index contributed by atoms with van der Waals surface area (Å²) in [7, 11) is 0. The molecule has 1 fully saturated rings. The van der Waals surface area contributed by atoms with Crippen molar-refractivity contribution in [2.24, 2.45) is 5.92 Å². The van der Waals surface area contributed by atoms with Gasteiger partial charge < -0.3 is 5.11 Å². The van der Waals surface area contributed by atoms with E-state index in [9.17, 15) is 9.90 Å². The molecule has 1 aliphatic carbocycles. The molecule has 1 aromatic carbocycles. The summed E-state index contributed by atoms with van der Waals surface area (Å²) in [6.07, 6.45) is 3.56. The lowest BCUT2D eigenvalue weighted by Crippen LogP contribution is -2.38. The highest BCUT2D eigenvalue weighted by atomic mass is 16.3. The summed E-state index contributed by atoms with van der Waals surface area (Å²) in [4.78, 5) is 12.7. The second-order valence-corrected chi connectivity index (χ2v) is 6.17. The Hall–Kier alpha value is -1.15. The Balaban J connectivity index is 2.34. The molecule has 2 heteroatoms. The highest BCUT2D eigenvalue weighted by Gasteiger charge is 2.41. The van der Waals surface area contributed by atoms with Gasteiger partial charge in [-0.25, -0.2) is 0 Å². The van der Waals surface area contributed by atoms with Crippen LogP contribution in [0.25, 0.3) is 0 Å². The van der Waals surface area contributed by atoms with Crippen molar-refractivity contribution in [3.63, 3.8) is 0 Å². The predicted molar refractivity (Wildman–Crippen MR) is 77.6 cm³/mol. The molecule has 19 heavy (non-hydrogen) atoms. The molecule has 0 heterocycles. The van der Waals surface area contributed by atoms with E-state index in [-0.39, 0.29) is 11.7 Å². The van der Waals surface area contributed by atoms with Crippen molar-refractivity contribution in [2.45, 2.75) is 59.0 Å². The van der Waals surface area contributed by atoms with Crippen molar-refractivity contribution >= 4 is 5.78 Å². The second-order valence-electron chi connectivity index (χ2n) is 6.17. The third-order valence-corrected chi connectivity index (χ3v) is 4.59. The maximum Gasteiger partial charge on any atom is 0.169 e. The molecule has 104 valence electrons. The average molecular weight is 260 g/mol. The molecule has 0 amide bonds. The SMILES string of the molecule is Cc1cc(C)c(C(=O)C(C)C2(O)CCCC2)c(C)c1. The first-order chi connectivity index (χ1) is 8.85. The topological polar surface area (TPSA) is 37.3 Å². The van der Waals surface area contributed by atoms with Gasteiger partial charge in [0.25, 0.3) is 0 Å². The number of hydrogen-bond donors (Lipinski definition) is 1. The zero-order chi connectivity index (χ0) is 14.2. The van der Waals surface area contributed by atoms with Crippen LogP contribution in [0.2, 0.25) is 0 Å². The standard InChI is InChI=1S/C17H24O2/c1-11-9-12(2)15(13(3)10-11)16(18)14(4)17(19)7-5-6-8-17/h9-10,14,19H,5-8H2,1-4H3. The van der Waals surface area contributed by atoms with Gasteiger partial charge in [0.2, 0.25) is 0 Å². The summed E-state index contributed by atoms with van der Waals surface area (Å²) in [5.74, 6) is -0.213. The molecule has 0 spiro atoms. The van der Waals surface area contributed by atoms with E-state index in [2.05, 4.69) is 0 Å². The first-order valence-corrected chi connectivity index (χ1v) is 7.19. The average Bonchev–Trinajstić information content (AvgIpc) is 2.75. The van der Waals surface area contributed by atoms with Crippen molar-refractivity contribution in [1.29, 1.82) is 0 Å². The molecule has 0 aliphatic heterocycles. The van der Waals surface area contributed by atoms with E-state index in [1.165, 1.54) is 5.56 Å². The number of Topliss-reactive ketones (excluding diaryl/α,β-unsaturated/α-hetero) is 1. The molecule has 1 N–H and O–H groups in total. The van der Waals surface area contributed by atoms with E-state index >= 15 is 0 Å². The van der Waals surface area contributed by atoms with Crippen LogP contribution in [0.3, 0.4) is 0 Å². The van der Waals surface area contributed by atoms with Crippen molar-refractivity contribution in [1.82, 2.24) is 0 Å². The number of carbonyl (C=O) groups excluding carboxylic acids is 1. The van der Waals surface area contributed by atoms with E-state index in [4.69, 9.17) is 0 Å². The summed E-state index contributed by atoms with van der Waals surface area (Å²) < 4.78 is 0. The summed E-state index contributed by atoms with van der Waals surface area (Å²) in [6.45, 7) is 7.89. The quantitative estimate of drug-likeness (QED) is 0.841. The molecule has 1 aromatic rings. The number of aliphatic hydroxyl groups is 1. The van der Waals surface area contributed by atoms with Crippen LogP contribution < -0.4 is 0 Å². The van der Waals surface area contributed by atoms with Crippen LogP contribution in [-0.2, 0) is 0 Å². The number of hydrogen-bond acceptors (Lipinski definition) is 2. The normalized spacial score (nSPS) is 19.4. The lowest BCUT2D eigenvalue weighted by atomic mass is 9.80. The first kappa shape index (κ1) is 14.3. The molecule has 0 saturated heterocycles. The molecule has 2 nitrogen and oxygen atoms in total. The number of ketones is 1. The Morgan fingerprint density at radius 2 is 1.63 bits per heavy atom. The van der Waals surface area contributed by atoms with Crippen LogP contribution in [0.15, 0.2) is 12.1 Å². The van der Waals surface area contributed by atoms with E-state index < -0.39 is 5.60 Å². The fourth-order valence-corrected chi connectivity index (χ4v) is 3.45. The minimum atomic E-state index is -0.791. The van der Waals surface area contributed by atoms with E-state index in [1.54, 1.807) is 0 Å². The number of aryl methyl sites for hydroxylation is 3. The van der Waals surface area contributed by atoms with E-state index in [1.807, 2.05) is 39.8 Å². The predicted octanol–water partition coefficient (Wildman–Crippen LogP) is 3.74. The maximum absolute atomic E-state index is 12.7. The molecule has 2 rings (SSSR count). The summed E-state index contributed by atoms with van der Waals surface area (Å²) in [5, 5.41) is 10.6. The number of rotatable bonds is 3. The molecule has 0 aromatic heterocycles. The van der Waals surface area contributed by atoms with Gasteiger partial charge in [0, 0.05) is 11.5 Å². The fourth-order valence-electron chi connectivity index (χ4n) is 3.45. The summed E-state index contributed by atoms with van der Waals surface area (Å²) in [5.41, 5.74) is 3.24. The van der Waals surface area contributed by atoms with Gasteiger partial charge in [0.15, 0.2) is 5.78 Å². The minimum absolute atomic E-state index is 0.0967. The molecular formula is C17H24O2. The molecular weight excluding hydrogens is 236 g/mol. The van der Waals surface area contributed by atoms with Gasteiger partial charge in [-0.1, -0.05) is 37.5 Å². The van der Waals surface area contributed by atoms with Crippen molar-refractivity contribution in [3.8, 4) is 0 Å². The smallest absolute Gasteiger partial charge is 0.169 e. The minimum Gasteiger partial charge on any atom is -0.389 e. The Morgan fingerprint density at radius 3 is 2.11 bits per heavy atom. The zero-order valence-electron chi connectivity index (χ0n) is 12.4. The van der Waals surface area contributed by atoms with Crippen LogP contribution in [0.4, 0.5) is 0 Å². The summed E-state index contributed by atoms with van der Waals surface area (Å²) >= 11 is 0. The van der Waals surface area contributed by atoms with Crippen LogP contribution in [0.5, 0.6) is 0 Å². The van der Waals surface area contributed by atoms with Crippen molar-refractivity contribution in [3.05, 3.63) is 34.4 Å². The van der Waals surface area contributed by atoms with Crippen LogP contribution >= 0.6 is 0 Å². The van der Waals surface area contributed by atoms with E-state index in [0.29, 0.717) is 0 Å². The van der Waals surface area contributed by atoms with Gasteiger partial charge in [0.05, 0.1) is 5.60 Å². The van der Waals surface area contributed by atoms with Gasteiger partial charge in [-0.2, -0.15) is 0 Å². The van der Waals surface area contributed by atoms with Crippen molar-refractivity contribution < 1.29 is 9.90 Å². The fraction of sp³-hybridized carbons (Fsp3) is 0.588. The Morgan fingerprint density at radius 1 is 1.16 bits per heavy atom. The van der Waals surface area contributed by atoms with Crippen molar-refractivity contribution in [2.75, 3.05) is 0 Å². The third-order valence-electron chi connectivity index (χ3n) is 4.59. The van der Waals surface area contributed by atoms with Gasteiger partial charge in [-0.15, -0.1) is 0 Å². The Kier molecular flexibility index (Phi) is 3.82. The highest BCUT2D eigenvalue weighted by molar-refractivity contribution is 6.01. The van der Waals surface area contributed by atoms with Crippen LogP contribution in [0.1, 0.15) is 59.7 Å². The number of benzene rings is 1. The second kappa shape index (κ2) is 5.09. The lowest BCUT2D eigenvalue weighted by Gasteiger charge is -2.29. The van der Waals surface area contributed by atoms with Crippen LogP contribution in [0, 0.1) is 26.7 Å². The Labute approximate surface area is 115 Å². The van der Waals surface area contributed by atoms with Gasteiger partial charge in [-0.05, 0) is 44.7 Å². The molecule has 1 unspecified atom stereocenters. The largest absolute Gasteiger partial charge is 0.389 e. The van der Waals surface area contributed by atoms with Gasteiger partial charge >= 0.3 is 0 Å². The maximum atomic E-state index is 12.7. The monoisotopic (exact) mass is 260 g/mol. The zero-order valence-corrected chi connectivity index (χ0v) is 12.4. The lowest BCUT2D eigenvalue weighted by molar-refractivity contribution is 0.00102. The first-order valence-electron chi connectivity index (χ1n) is 7.19. The number of carbonyl (C=O) groups is 1. The van der Waals surface area contributed by atoms with Crippen LogP contribution in [-0.4, -0.2) is 16.5 Å². The molecule has 1 saturated carbocycles. The van der Waals surface area contributed by atoms with E-state index in [0.717, 1.165) is 42.4 Å². The molecule has 0 radical (unpaired) electrons. The highest BCUT2D eigenvalue weighted by Crippen LogP contribution is 2.38. The third kappa shape index (κ3) is 2.59. The molecule has 0 bridgehead atoms. The van der Waals surface area contributed by atoms with Gasteiger partial charge in [0.1, 0.15) is 0 Å². The summed E-state index contributed by atoms with van der Waals surface area (Å²) in [6, 6.07) is 4.09. The molecule has 1 aliphatic rings.